The quantitative estimate of drug-likeness (QED) is 0.313. The number of aliphatic hydroxyl groups is 3. The van der Waals surface area contributed by atoms with Crippen LogP contribution in [0, 0.1) is 35.0 Å². The molecule has 1 unspecified atom stereocenters. The summed E-state index contributed by atoms with van der Waals surface area (Å²) in [7, 11) is 0. The van der Waals surface area contributed by atoms with Crippen molar-refractivity contribution in [3.05, 3.63) is 47.6 Å². The lowest BCUT2D eigenvalue weighted by Crippen LogP contribution is -2.35. The number of hydrogen-bond donors (Lipinski definition) is 3. The topological polar surface area (TPSA) is 87.0 Å². The van der Waals surface area contributed by atoms with Gasteiger partial charge in [-0.3, -0.25) is 4.79 Å². The van der Waals surface area contributed by atoms with Crippen LogP contribution in [-0.2, 0) is 9.53 Å². The Labute approximate surface area is 217 Å². The maximum Gasteiger partial charge on any atom is 0.311 e. The maximum atomic E-state index is 12.3. The highest BCUT2D eigenvalue weighted by molar-refractivity contribution is 5.72. The summed E-state index contributed by atoms with van der Waals surface area (Å²) in [5.74, 6) is 1.16. The van der Waals surface area contributed by atoms with Crippen molar-refractivity contribution in [1.82, 2.24) is 0 Å². The van der Waals surface area contributed by atoms with E-state index < -0.39 is 18.1 Å². The van der Waals surface area contributed by atoms with Crippen LogP contribution in [0.1, 0.15) is 78.6 Å². The molecular formula is C31H46O5. The standard InChI is InChI=1S/C31H46O5/c1-19(7-14-29(23-9-10-23)36-30(35)20(2)18-32)26-12-13-27-22(6-5-15-31(26,27)4)8-11-24-16-25(33)17-28(34)21(24)3/h7-8,11,14,19-20,23,25-29,32-34H,3,5-6,9-10,12-13,15-18H2,1-2,4H3/t19-,20?,25-,26-,27+,28+,29-,31-/m1/s1. The van der Waals surface area contributed by atoms with Crippen LogP contribution in [0.4, 0.5) is 0 Å². The molecule has 4 fully saturated rings. The zero-order chi connectivity index (χ0) is 26.0. The molecule has 200 valence electrons. The van der Waals surface area contributed by atoms with E-state index in [0.29, 0.717) is 36.5 Å². The molecule has 8 atom stereocenters. The Bertz CT molecular complexity index is 912. The molecule has 0 spiro atoms. The van der Waals surface area contributed by atoms with Crippen molar-refractivity contribution in [2.75, 3.05) is 6.61 Å². The van der Waals surface area contributed by atoms with Crippen LogP contribution in [0.2, 0.25) is 0 Å². The van der Waals surface area contributed by atoms with Gasteiger partial charge in [0.25, 0.3) is 0 Å². The third-order valence-corrected chi connectivity index (χ3v) is 9.56. The molecule has 0 bridgehead atoms. The highest BCUT2D eigenvalue weighted by atomic mass is 16.5. The minimum atomic E-state index is -0.649. The Balaban J connectivity index is 1.45. The van der Waals surface area contributed by atoms with Crippen LogP contribution in [0.15, 0.2) is 47.6 Å². The average Bonchev–Trinajstić information content (AvgIpc) is 3.63. The first kappa shape index (κ1) is 27.3. The van der Waals surface area contributed by atoms with Crippen molar-refractivity contribution < 1.29 is 24.9 Å². The normalized spacial score (nSPS) is 37.8. The van der Waals surface area contributed by atoms with Gasteiger partial charge >= 0.3 is 5.97 Å². The number of allylic oxidation sites excluding steroid dienone is 4. The van der Waals surface area contributed by atoms with E-state index in [1.165, 1.54) is 31.3 Å². The second-order valence-electron chi connectivity index (χ2n) is 12.2. The summed E-state index contributed by atoms with van der Waals surface area (Å²) in [5, 5.41) is 29.6. The fourth-order valence-electron chi connectivity index (χ4n) is 7.07. The van der Waals surface area contributed by atoms with E-state index in [-0.39, 0.29) is 24.1 Å². The molecular weight excluding hydrogens is 452 g/mol. The number of esters is 1. The predicted octanol–water partition coefficient (Wildman–Crippen LogP) is 5.27. The first-order valence-electron chi connectivity index (χ1n) is 14.1. The Kier molecular flexibility index (Phi) is 8.63. The third kappa shape index (κ3) is 5.89. The lowest BCUT2D eigenvalue weighted by atomic mass is 9.61. The van der Waals surface area contributed by atoms with Crippen molar-refractivity contribution in [3.63, 3.8) is 0 Å². The highest BCUT2D eigenvalue weighted by Crippen LogP contribution is 2.59. The van der Waals surface area contributed by atoms with E-state index in [1.54, 1.807) is 6.92 Å². The fraction of sp³-hybridized carbons (Fsp3) is 0.710. The van der Waals surface area contributed by atoms with E-state index in [2.05, 4.69) is 44.7 Å². The molecule has 0 heterocycles. The van der Waals surface area contributed by atoms with Crippen molar-refractivity contribution >= 4 is 5.97 Å². The SMILES string of the molecule is C=C1C(=CC=C2CCC[C@]3(C)[C@@H]([C@H](C)C=C[C@@H](OC(=O)C(C)CO)C4CC4)CC[C@@H]23)C[C@@H](O)C[C@@H]1O. The zero-order valence-electron chi connectivity index (χ0n) is 22.4. The summed E-state index contributed by atoms with van der Waals surface area (Å²) in [6, 6.07) is 0. The van der Waals surface area contributed by atoms with Crippen molar-refractivity contribution in [3.8, 4) is 0 Å². The van der Waals surface area contributed by atoms with Crippen molar-refractivity contribution in [2.45, 2.75) is 96.9 Å². The van der Waals surface area contributed by atoms with Gasteiger partial charge in [-0.15, -0.1) is 0 Å². The lowest BCUT2D eigenvalue weighted by molar-refractivity contribution is -0.153. The fourth-order valence-corrected chi connectivity index (χ4v) is 7.07. The van der Waals surface area contributed by atoms with Gasteiger partial charge in [-0.1, -0.05) is 44.2 Å². The van der Waals surface area contributed by atoms with Gasteiger partial charge in [-0.05, 0) is 105 Å². The van der Waals surface area contributed by atoms with Gasteiger partial charge in [0, 0.05) is 6.42 Å². The van der Waals surface area contributed by atoms with Crippen LogP contribution in [0.25, 0.3) is 0 Å². The summed E-state index contributed by atoms with van der Waals surface area (Å²) in [6.45, 7) is 10.4. The molecule has 0 radical (unpaired) electrons. The van der Waals surface area contributed by atoms with Crippen LogP contribution in [-0.4, -0.2) is 46.2 Å². The number of aliphatic hydroxyl groups excluding tert-OH is 3. The second-order valence-corrected chi connectivity index (χ2v) is 12.2. The monoisotopic (exact) mass is 498 g/mol. The molecule has 5 nitrogen and oxygen atoms in total. The van der Waals surface area contributed by atoms with Crippen LogP contribution >= 0.6 is 0 Å². The largest absolute Gasteiger partial charge is 0.458 e. The molecule has 4 saturated carbocycles. The zero-order valence-corrected chi connectivity index (χ0v) is 22.4. The van der Waals surface area contributed by atoms with Gasteiger partial charge in [0.05, 0.1) is 24.7 Å². The number of hydrogen-bond acceptors (Lipinski definition) is 5. The summed E-state index contributed by atoms with van der Waals surface area (Å²) in [4.78, 5) is 12.3. The minimum absolute atomic E-state index is 0.179. The molecule has 4 rings (SSSR count). The van der Waals surface area contributed by atoms with Gasteiger partial charge in [0.15, 0.2) is 0 Å². The molecule has 0 saturated heterocycles. The van der Waals surface area contributed by atoms with Gasteiger partial charge in [0.2, 0.25) is 0 Å². The molecule has 0 aromatic heterocycles. The smallest absolute Gasteiger partial charge is 0.311 e. The molecule has 4 aliphatic carbocycles. The van der Waals surface area contributed by atoms with Crippen molar-refractivity contribution in [2.24, 2.45) is 35.0 Å². The number of carbonyl (C=O) groups excluding carboxylic acids is 1. The van der Waals surface area contributed by atoms with Crippen LogP contribution < -0.4 is 0 Å². The summed E-state index contributed by atoms with van der Waals surface area (Å²) in [5.41, 5.74) is 3.47. The van der Waals surface area contributed by atoms with Crippen molar-refractivity contribution in [1.29, 1.82) is 0 Å². The van der Waals surface area contributed by atoms with E-state index >= 15 is 0 Å². The Morgan fingerprint density at radius 1 is 1.17 bits per heavy atom. The molecule has 0 aromatic rings. The maximum absolute atomic E-state index is 12.3. The van der Waals surface area contributed by atoms with E-state index in [1.807, 2.05) is 0 Å². The Hall–Kier alpha value is -1.69. The lowest BCUT2D eigenvalue weighted by Gasteiger charge is -2.44. The summed E-state index contributed by atoms with van der Waals surface area (Å²) >= 11 is 0. The first-order chi connectivity index (χ1) is 17.1. The summed E-state index contributed by atoms with van der Waals surface area (Å²) < 4.78 is 5.76. The Morgan fingerprint density at radius 3 is 2.61 bits per heavy atom. The predicted molar refractivity (Wildman–Crippen MR) is 142 cm³/mol. The molecule has 0 aliphatic heterocycles. The summed E-state index contributed by atoms with van der Waals surface area (Å²) in [6.07, 6.45) is 16.5. The minimum Gasteiger partial charge on any atom is -0.458 e. The molecule has 0 aromatic carbocycles. The van der Waals surface area contributed by atoms with Gasteiger partial charge in [0.1, 0.15) is 6.10 Å². The van der Waals surface area contributed by atoms with E-state index in [4.69, 9.17) is 4.74 Å². The Morgan fingerprint density at radius 2 is 1.92 bits per heavy atom. The number of carbonyl (C=O) groups is 1. The molecule has 3 N–H and O–H groups in total. The molecule has 4 aliphatic rings. The van der Waals surface area contributed by atoms with Crippen LogP contribution in [0.5, 0.6) is 0 Å². The molecule has 5 heteroatoms. The number of ether oxygens (including phenoxy) is 1. The first-order valence-corrected chi connectivity index (χ1v) is 14.1. The highest BCUT2D eigenvalue weighted by Gasteiger charge is 2.50. The number of rotatable bonds is 8. The van der Waals surface area contributed by atoms with Crippen LogP contribution in [0.3, 0.4) is 0 Å². The van der Waals surface area contributed by atoms with Gasteiger partial charge < -0.3 is 20.1 Å². The van der Waals surface area contributed by atoms with E-state index in [9.17, 15) is 20.1 Å². The molecule has 0 amide bonds. The third-order valence-electron chi connectivity index (χ3n) is 9.56. The number of fused-ring (bicyclic) bond motifs is 1. The second kappa shape index (κ2) is 11.4. The van der Waals surface area contributed by atoms with E-state index in [0.717, 1.165) is 30.4 Å². The average molecular weight is 499 g/mol. The molecule has 36 heavy (non-hydrogen) atoms. The van der Waals surface area contributed by atoms with Gasteiger partial charge in [-0.25, -0.2) is 0 Å². The van der Waals surface area contributed by atoms with Gasteiger partial charge in [-0.2, -0.15) is 0 Å².